The van der Waals surface area contributed by atoms with Crippen molar-refractivity contribution in [3.05, 3.63) is 54.0 Å². The first-order chi connectivity index (χ1) is 13.6. The Morgan fingerprint density at radius 1 is 1.00 bits per heavy atom. The molecule has 2 fully saturated rings. The maximum atomic E-state index is 4.69. The first kappa shape index (κ1) is 17.1. The minimum Gasteiger partial charge on any atom is -0.300 e. The van der Waals surface area contributed by atoms with E-state index in [2.05, 4.69) is 61.0 Å². The molecule has 2 saturated carbocycles. The summed E-state index contributed by atoms with van der Waals surface area (Å²) >= 11 is 0. The van der Waals surface area contributed by atoms with Gasteiger partial charge in [0.05, 0.1) is 11.9 Å². The van der Waals surface area contributed by atoms with E-state index in [4.69, 9.17) is 4.98 Å². The van der Waals surface area contributed by atoms with Crippen LogP contribution in [0.15, 0.2) is 48.3 Å². The molecule has 3 unspecified atom stereocenters. The third-order valence-electron chi connectivity index (χ3n) is 9.29. The Hall–Kier alpha value is -1.83. The first-order valence-corrected chi connectivity index (χ1v) is 11.4. The summed E-state index contributed by atoms with van der Waals surface area (Å²) in [6, 6.07) is 6.33. The SMILES string of the molecule is C[C@]12CCCCC1=CCC1C2CC[C@]2(C)C(c3cnc4ccccn34)=CCC12. The van der Waals surface area contributed by atoms with Gasteiger partial charge in [0, 0.05) is 6.20 Å². The van der Waals surface area contributed by atoms with Crippen LogP contribution in [-0.2, 0) is 0 Å². The number of nitrogens with zero attached hydrogens (tertiary/aromatic N) is 2. The Morgan fingerprint density at radius 2 is 1.93 bits per heavy atom. The van der Waals surface area contributed by atoms with Gasteiger partial charge in [-0.25, -0.2) is 4.98 Å². The van der Waals surface area contributed by atoms with Gasteiger partial charge in [-0.05, 0) is 91.2 Å². The molecule has 2 aromatic rings. The molecule has 0 saturated heterocycles. The lowest BCUT2D eigenvalue weighted by molar-refractivity contribution is -0.00989. The molecule has 0 radical (unpaired) electrons. The molecule has 0 spiro atoms. The van der Waals surface area contributed by atoms with Crippen molar-refractivity contribution in [2.45, 2.75) is 65.2 Å². The van der Waals surface area contributed by atoms with Gasteiger partial charge in [-0.3, -0.25) is 0 Å². The summed E-state index contributed by atoms with van der Waals surface area (Å²) in [7, 11) is 0. The second kappa shape index (κ2) is 5.84. The van der Waals surface area contributed by atoms with E-state index in [1.54, 1.807) is 5.57 Å². The molecule has 2 heteroatoms. The largest absolute Gasteiger partial charge is 0.300 e. The molecule has 0 bridgehead atoms. The molecule has 2 heterocycles. The summed E-state index contributed by atoms with van der Waals surface area (Å²) in [6.07, 6.45) is 20.5. The van der Waals surface area contributed by atoms with Crippen LogP contribution >= 0.6 is 0 Å². The zero-order valence-electron chi connectivity index (χ0n) is 17.3. The zero-order chi connectivity index (χ0) is 18.9. The third-order valence-corrected chi connectivity index (χ3v) is 9.29. The molecule has 4 aliphatic carbocycles. The highest BCUT2D eigenvalue weighted by atomic mass is 15.0. The van der Waals surface area contributed by atoms with Gasteiger partial charge in [-0.2, -0.15) is 0 Å². The molecule has 146 valence electrons. The zero-order valence-corrected chi connectivity index (χ0v) is 17.3. The topological polar surface area (TPSA) is 17.3 Å². The van der Waals surface area contributed by atoms with Crippen molar-refractivity contribution in [2.24, 2.45) is 28.6 Å². The van der Waals surface area contributed by atoms with Crippen LogP contribution in [0, 0.1) is 28.6 Å². The Labute approximate surface area is 168 Å². The van der Waals surface area contributed by atoms with Crippen LogP contribution in [0.25, 0.3) is 11.2 Å². The van der Waals surface area contributed by atoms with Gasteiger partial charge in [0.25, 0.3) is 0 Å². The number of hydrogen-bond donors (Lipinski definition) is 0. The predicted octanol–water partition coefficient (Wildman–Crippen LogP) is 6.68. The number of allylic oxidation sites excluding steroid dienone is 4. The average molecular weight is 373 g/mol. The van der Waals surface area contributed by atoms with Crippen molar-refractivity contribution in [1.82, 2.24) is 9.38 Å². The number of aromatic nitrogens is 2. The maximum Gasteiger partial charge on any atom is 0.137 e. The van der Waals surface area contributed by atoms with Gasteiger partial charge in [-0.1, -0.05) is 44.1 Å². The summed E-state index contributed by atoms with van der Waals surface area (Å²) in [5.41, 5.74) is 6.58. The van der Waals surface area contributed by atoms with Crippen LogP contribution in [0.3, 0.4) is 0 Å². The molecule has 2 nitrogen and oxygen atoms in total. The Balaban J connectivity index is 1.38. The highest BCUT2D eigenvalue weighted by Gasteiger charge is 2.56. The second-order valence-corrected chi connectivity index (χ2v) is 10.3. The number of pyridine rings is 1. The lowest BCUT2D eigenvalue weighted by Crippen LogP contribution is -2.48. The molecular weight excluding hydrogens is 340 g/mol. The quantitative estimate of drug-likeness (QED) is 0.510. The molecule has 2 aromatic heterocycles. The molecule has 5 atom stereocenters. The van der Waals surface area contributed by atoms with Crippen molar-refractivity contribution in [1.29, 1.82) is 0 Å². The van der Waals surface area contributed by atoms with Gasteiger partial charge >= 0.3 is 0 Å². The predicted molar refractivity (Wildman–Crippen MR) is 115 cm³/mol. The van der Waals surface area contributed by atoms with Gasteiger partial charge in [0.15, 0.2) is 0 Å². The Morgan fingerprint density at radius 3 is 2.86 bits per heavy atom. The molecule has 28 heavy (non-hydrogen) atoms. The monoisotopic (exact) mass is 372 g/mol. The normalized spacial score (nSPS) is 39.7. The van der Waals surface area contributed by atoms with Crippen LogP contribution in [0.1, 0.15) is 70.9 Å². The van der Waals surface area contributed by atoms with E-state index in [0.29, 0.717) is 10.8 Å². The third kappa shape index (κ3) is 2.12. The number of hydrogen-bond acceptors (Lipinski definition) is 1. The van der Waals surface area contributed by atoms with E-state index < -0.39 is 0 Å². The van der Waals surface area contributed by atoms with Crippen molar-refractivity contribution in [2.75, 3.05) is 0 Å². The second-order valence-electron chi connectivity index (χ2n) is 10.3. The molecule has 0 N–H and O–H groups in total. The van der Waals surface area contributed by atoms with Gasteiger partial charge in [0.2, 0.25) is 0 Å². The first-order valence-electron chi connectivity index (χ1n) is 11.4. The lowest BCUT2D eigenvalue weighted by Gasteiger charge is -2.57. The van der Waals surface area contributed by atoms with Crippen molar-refractivity contribution in [3.8, 4) is 0 Å². The van der Waals surface area contributed by atoms with Gasteiger partial charge < -0.3 is 4.40 Å². The molecule has 4 aliphatic rings. The van der Waals surface area contributed by atoms with E-state index in [0.717, 1.165) is 23.4 Å². The molecule has 0 aliphatic heterocycles. The van der Waals surface area contributed by atoms with E-state index in [1.165, 1.54) is 57.1 Å². The van der Waals surface area contributed by atoms with Crippen LogP contribution < -0.4 is 0 Å². The molecule has 0 aromatic carbocycles. The standard InChI is InChI=1S/C26H32N2/c1-25-14-5-3-7-18(25)9-10-19-20-11-12-22(26(20,2)15-13-21(19)25)23-17-27-24-8-4-6-16-28(23)24/h4,6,8-9,12,16-17,19-21H,3,5,7,10-11,13-15H2,1-2H3/t19?,20?,21?,25-,26-/m0/s1. The molecule has 0 amide bonds. The van der Waals surface area contributed by atoms with Crippen molar-refractivity contribution < 1.29 is 0 Å². The fourth-order valence-corrected chi connectivity index (χ4v) is 7.79. The lowest BCUT2D eigenvalue weighted by atomic mass is 9.47. The molecular formula is C26H32N2. The fraction of sp³-hybridized carbons (Fsp3) is 0.577. The highest BCUT2D eigenvalue weighted by molar-refractivity contribution is 5.72. The van der Waals surface area contributed by atoms with E-state index in [-0.39, 0.29) is 0 Å². The van der Waals surface area contributed by atoms with E-state index in [1.807, 2.05) is 5.57 Å². The number of imidazole rings is 1. The van der Waals surface area contributed by atoms with Gasteiger partial charge in [0.1, 0.15) is 5.65 Å². The maximum absolute atomic E-state index is 4.69. The van der Waals surface area contributed by atoms with Crippen molar-refractivity contribution in [3.63, 3.8) is 0 Å². The summed E-state index contributed by atoms with van der Waals surface area (Å²) < 4.78 is 2.30. The van der Waals surface area contributed by atoms with E-state index >= 15 is 0 Å². The van der Waals surface area contributed by atoms with E-state index in [9.17, 15) is 0 Å². The van der Waals surface area contributed by atoms with Crippen LogP contribution in [0.4, 0.5) is 0 Å². The highest BCUT2D eigenvalue weighted by Crippen LogP contribution is 2.66. The summed E-state index contributed by atoms with van der Waals surface area (Å²) in [6.45, 7) is 5.18. The van der Waals surface area contributed by atoms with Gasteiger partial charge in [-0.15, -0.1) is 0 Å². The Bertz CT molecular complexity index is 995. The minimum atomic E-state index is 0.309. The smallest absolute Gasteiger partial charge is 0.137 e. The minimum absolute atomic E-state index is 0.309. The summed E-state index contributed by atoms with van der Waals surface area (Å²) in [5, 5.41) is 0. The molecule has 6 rings (SSSR count). The summed E-state index contributed by atoms with van der Waals surface area (Å²) in [4.78, 5) is 4.69. The average Bonchev–Trinajstić information content (AvgIpc) is 3.28. The van der Waals surface area contributed by atoms with Crippen molar-refractivity contribution >= 4 is 11.2 Å². The van der Waals surface area contributed by atoms with Crippen LogP contribution in [0.5, 0.6) is 0 Å². The van der Waals surface area contributed by atoms with Crippen LogP contribution in [0.2, 0.25) is 0 Å². The number of rotatable bonds is 1. The summed E-state index contributed by atoms with van der Waals surface area (Å²) in [5.74, 6) is 2.56. The number of fused-ring (bicyclic) bond motifs is 6. The Kier molecular flexibility index (Phi) is 3.56. The fourth-order valence-electron chi connectivity index (χ4n) is 7.79. The van der Waals surface area contributed by atoms with Crippen LogP contribution in [-0.4, -0.2) is 9.38 Å².